The maximum atomic E-state index is 12.4. The second-order valence-electron chi connectivity index (χ2n) is 10.8. The van der Waals surface area contributed by atoms with Gasteiger partial charge in [0.15, 0.2) is 0 Å². The molecule has 0 radical (unpaired) electrons. The van der Waals surface area contributed by atoms with Crippen LogP contribution in [0.3, 0.4) is 0 Å². The van der Waals surface area contributed by atoms with Crippen molar-refractivity contribution >= 4 is 7.60 Å². The van der Waals surface area contributed by atoms with Crippen molar-refractivity contribution in [1.29, 1.82) is 0 Å². The van der Waals surface area contributed by atoms with Gasteiger partial charge in [-0.1, -0.05) is 121 Å². The first-order valence-corrected chi connectivity index (χ1v) is 16.5. The van der Waals surface area contributed by atoms with E-state index in [2.05, 4.69) is 0 Å². The average Bonchev–Trinajstić information content (AvgIpc) is 3.04. The summed E-state index contributed by atoms with van der Waals surface area (Å²) < 4.78 is 44.4. The predicted octanol–water partition coefficient (Wildman–Crippen LogP) is 5.90. The molecule has 1 saturated heterocycles. The molecule has 1 aliphatic rings. The Hall–Kier alpha value is -3.17. The summed E-state index contributed by atoms with van der Waals surface area (Å²) in [7, 11) is -4.50. The van der Waals surface area contributed by atoms with Crippen molar-refractivity contribution in [2.24, 2.45) is 0 Å². The summed E-state index contributed by atoms with van der Waals surface area (Å²) in [6, 6.07) is 38.9. The molecule has 1 aliphatic heterocycles. The van der Waals surface area contributed by atoms with E-state index in [1.54, 1.807) is 0 Å². The Labute approximate surface area is 258 Å². The standard InChI is InChI=1S/C35H39O8P/c36-44(37,38)26-32-34(41-23-29-17-9-3-10-18-29)35(42-24-30-19-11-4-12-20-30)33(40-22-28-15-7-2-8-16-28)31(43-32)25-39-21-27-13-5-1-6-14-27/h1-20,31-35H,21-26H2,(H2,36,37,38)/t31-,32-,33-,34-,35+/m1/s1. The molecule has 0 spiro atoms. The van der Waals surface area contributed by atoms with E-state index in [-0.39, 0.29) is 26.4 Å². The van der Waals surface area contributed by atoms with Gasteiger partial charge in [-0.05, 0) is 22.3 Å². The topological polar surface area (TPSA) is 104 Å². The largest absolute Gasteiger partial charge is 0.374 e. The lowest BCUT2D eigenvalue weighted by molar-refractivity contribution is -0.268. The zero-order valence-corrected chi connectivity index (χ0v) is 25.4. The van der Waals surface area contributed by atoms with Crippen LogP contribution in [0.5, 0.6) is 0 Å². The van der Waals surface area contributed by atoms with Gasteiger partial charge in [0.25, 0.3) is 0 Å². The van der Waals surface area contributed by atoms with Gasteiger partial charge in [-0.25, -0.2) is 0 Å². The third kappa shape index (κ3) is 9.92. The van der Waals surface area contributed by atoms with Crippen molar-refractivity contribution in [2.45, 2.75) is 56.9 Å². The molecule has 0 aromatic heterocycles. The molecule has 0 saturated carbocycles. The highest BCUT2D eigenvalue weighted by molar-refractivity contribution is 7.51. The SMILES string of the molecule is O=P(O)(O)C[C@H]1O[C@H](COCc2ccccc2)[C@@H](OCc2ccccc2)[C@H](OCc2ccccc2)[C@@H]1OCc1ccccc1. The van der Waals surface area contributed by atoms with Gasteiger partial charge in [0.1, 0.15) is 24.4 Å². The summed E-state index contributed by atoms with van der Waals surface area (Å²) in [6.45, 7) is 1.21. The van der Waals surface area contributed by atoms with E-state index in [0.29, 0.717) is 6.61 Å². The van der Waals surface area contributed by atoms with E-state index in [1.165, 1.54) is 0 Å². The van der Waals surface area contributed by atoms with E-state index in [4.69, 9.17) is 23.7 Å². The molecule has 5 atom stereocenters. The average molecular weight is 619 g/mol. The molecule has 1 heterocycles. The smallest absolute Gasteiger partial charge is 0.328 e. The van der Waals surface area contributed by atoms with Crippen LogP contribution >= 0.6 is 7.60 Å². The Balaban J connectivity index is 1.44. The second-order valence-corrected chi connectivity index (χ2v) is 12.5. The van der Waals surface area contributed by atoms with Crippen LogP contribution in [-0.4, -0.2) is 53.1 Å². The Morgan fingerprint density at radius 3 is 1.30 bits per heavy atom. The highest BCUT2D eigenvalue weighted by Crippen LogP contribution is 2.41. The van der Waals surface area contributed by atoms with Gasteiger partial charge in [-0.2, -0.15) is 0 Å². The van der Waals surface area contributed by atoms with Gasteiger partial charge in [0.05, 0.1) is 45.3 Å². The number of hydrogen-bond acceptors (Lipinski definition) is 6. The third-order valence-electron chi connectivity index (χ3n) is 7.40. The Morgan fingerprint density at radius 2 is 0.886 bits per heavy atom. The van der Waals surface area contributed by atoms with Crippen LogP contribution in [0.25, 0.3) is 0 Å². The van der Waals surface area contributed by atoms with Crippen molar-refractivity contribution < 1.29 is 38.0 Å². The minimum atomic E-state index is -4.50. The van der Waals surface area contributed by atoms with Crippen LogP contribution in [-0.2, 0) is 54.7 Å². The lowest BCUT2D eigenvalue weighted by Crippen LogP contribution is -2.62. The van der Waals surface area contributed by atoms with Crippen molar-refractivity contribution in [3.05, 3.63) is 144 Å². The number of hydrogen-bond donors (Lipinski definition) is 2. The van der Waals surface area contributed by atoms with E-state index in [9.17, 15) is 14.4 Å². The highest BCUT2D eigenvalue weighted by Gasteiger charge is 2.50. The van der Waals surface area contributed by atoms with Crippen molar-refractivity contribution in [3.8, 4) is 0 Å². The molecule has 1 fully saturated rings. The fourth-order valence-corrected chi connectivity index (χ4v) is 6.03. The van der Waals surface area contributed by atoms with Gasteiger partial charge in [0, 0.05) is 0 Å². The third-order valence-corrected chi connectivity index (χ3v) is 8.23. The summed E-state index contributed by atoms with van der Waals surface area (Å²) in [6.07, 6.45) is -4.41. The minimum Gasteiger partial charge on any atom is -0.374 e. The molecule has 0 aliphatic carbocycles. The zero-order chi connectivity index (χ0) is 30.6. The van der Waals surface area contributed by atoms with Crippen LogP contribution in [0.1, 0.15) is 22.3 Å². The van der Waals surface area contributed by atoms with Gasteiger partial charge in [0.2, 0.25) is 0 Å². The molecule has 8 nitrogen and oxygen atoms in total. The molecule has 44 heavy (non-hydrogen) atoms. The molecule has 9 heteroatoms. The maximum absolute atomic E-state index is 12.4. The first-order chi connectivity index (χ1) is 21.4. The quantitative estimate of drug-likeness (QED) is 0.159. The van der Waals surface area contributed by atoms with Gasteiger partial charge in [-0.3, -0.25) is 4.57 Å². The van der Waals surface area contributed by atoms with Crippen molar-refractivity contribution in [3.63, 3.8) is 0 Å². The fourth-order valence-electron chi connectivity index (χ4n) is 5.27. The summed E-state index contributed by atoms with van der Waals surface area (Å²) >= 11 is 0. The van der Waals surface area contributed by atoms with Crippen LogP contribution in [0.2, 0.25) is 0 Å². The first kappa shape index (κ1) is 32.2. The van der Waals surface area contributed by atoms with Crippen LogP contribution in [0.4, 0.5) is 0 Å². The van der Waals surface area contributed by atoms with Gasteiger partial charge >= 0.3 is 7.60 Å². The van der Waals surface area contributed by atoms with Gasteiger partial charge < -0.3 is 33.5 Å². The Kier molecular flexibility index (Phi) is 11.9. The molecule has 232 valence electrons. The lowest BCUT2D eigenvalue weighted by Gasteiger charge is -2.46. The molecule has 0 bridgehead atoms. The first-order valence-electron chi connectivity index (χ1n) is 14.7. The number of benzene rings is 4. The summed E-state index contributed by atoms with van der Waals surface area (Å²) in [4.78, 5) is 20.1. The molecule has 0 unspecified atom stereocenters. The summed E-state index contributed by atoms with van der Waals surface area (Å²) in [5.74, 6) is 0. The normalized spacial score (nSPS) is 22.1. The van der Waals surface area contributed by atoms with Gasteiger partial charge in [-0.15, -0.1) is 0 Å². The zero-order valence-electron chi connectivity index (χ0n) is 24.5. The second kappa shape index (κ2) is 16.2. The predicted molar refractivity (Wildman–Crippen MR) is 167 cm³/mol. The molecule has 5 rings (SSSR count). The number of ether oxygens (including phenoxy) is 5. The number of rotatable bonds is 15. The minimum absolute atomic E-state index is 0.128. The molecule has 4 aromatic carbocycles. The van der Waals surface area contributed by atoms with Crippen LogP contribution in [0, 0.1) is 0 Å². The molecule has 0 amide bonds. The van der Waals surface area contributed by atoms with Crippen molar-refractivity contribution in [2.75, 3.05) is 12.8 Å². The Bertz CT molecular complexity index is 1420. The van der Waals surface area contributed by atoms with Crippen LogP contribution < -0.4 is 0 Å². The fraction of sp³-hybridized carbons (Fsp3) is 0.314. The van der Waals surface area contributed by atoms with Crippen molar-refractivity contribution in [1.82, 2.24) is 0 Å². The highest BCUT2D eigenvalue weighted by atomic mass is 31.2. The van der Waals surface area contributed by atoms with E-state index >= 15 is 0 Å². The summed E-state index contributed by atoms with van der Waals surface area (Å²) in [5.41, 5.74) is 3.83. The lowest BCUT2D eigenvalue weighted by atomic mass is 9.94. The van der Waals surface area contributed by atoms with E-state index < -0.39 is 44.3 Å². The van der Waals surface area contributed by atoms with E-state index in [1.807, 2.05) is 121 Å². The molecule has 2 N–H and O–H groups in total. The van der Waals surface area contributed by atoms with Crippen LogP contribution in [0.15, 0.2) is 121 Å². The maximum Gasteiger partial charge on any atom is 0.328 e. The molecule has 4 aromatic rings. The molecular weight excluding hydrogens is 579 g/mol. The monoisotopic (exact) mass is 618 g/mol. The molecular formula is C35H39O8P. The summed E-state index contributed by atoms with van der Waals surface area (Å²) in [5, 5.41) is 0. The Morgan fingerprint density at radius 1 is 0.523 bits per heavy atom. The van der Waals surface area contributed by atoms with E-state index in [0.717, 1.165) is 22.3 Å².